The molecule has 1 N–H and O–H groups in total. The molecule has 2 aromatic carbocycles. The number of benzene rings is 2. The lowest BCUT2D eigenvalue weighted by Gasteiger charge is -2.20. The summed E-state index contributed by atoms with van der Waals surface area (Å²) in [6, 6.07) is 12.2. The standard InChI is InChI=1S/C23H31ClN2O3S2/c1-5-17(2)8-6-7-15-30-20-12-10-19(11-13-20)25-23(27)21-14-9-18(24)16-22(21)26(3)31(4,28)29/h9-14,16-17H,5-8,15H2,1-4H3,(H,25,27)/t17-/m1/s1. The summed E-state index contributed by atoms with van der Waals surface area (Å²) < 4.78 is 24.9. The Kier molecular flexibility index (Phi) is 9.72. The molecule has 0 saturated carbocycles. The molecule has 5 nitrogen and oxygen atoms in total. The first-order chi connectivity index (χ1) is 14.6. The fourth-order valence-corrected chi connectivity index (χ4v) is 4.55. The molecule has 0 radical (unpaired) electrons. The maximum Gasteiger partial charge on any atom is 0.257 e. The highest BCUT2D eigenvalue weighted by atomic mass is 35.5. The van der Waals surface area contributed by atoms with Gasteiger partial charge in [0.2, 0.25) is 10.0 Å². The molecule has 31 heavy (non-hydrogen) atoms. The second-order valence-corrected chi connectivity index (χ2v) is 11.3. The molecule has 2 rings (SSSR count). The highest BCUT2D eigenvalue weighted by molar-refractivity contribution is 7.99. The summed E-state index contributed by atoms with van der Waals surface area (Å²) in [6.07, 6.45) is 6.05. The Balaban J connectivity index is 1.99. The molecule has 1 amide bonds. The van der Waals surface area contributed by atoms with Crippen LogP contribution in [0.5, 0.6) is 0 Å². The minimum atomic E-state index is -3.53. The lowest BCUT2D eigenvalue weighted by atomic mass is 10.0. The minimum Gasteiger partial charge on any atom is -0.322 e. The zero-order valence-electron chi connectivity index (χ0n) is 18.5. The predicted octanol–water partition coefficient (Wildman–Crippen LogP) is 6.30. The SMILES string of the molecule is CC[C@@H](C)CCCCSc1ccc(NC(=O)c2ccc(Cl)cc2N(C)S(C)(=O)=O)cc1. The summed E-state index contributed by atoms with van der Waals surface area (Å²) in [5.74, 6) is 1.48. The van der Waals surface area contributed by atoms with Crippen LogP contribution in [0.1, 0.15) is 49.9 Å². The van der Waals surface area contributed by atoms with Crippen molar-refractivity contribution in [2.75, 3.05) is 28.7 Å². The van der Waals surface area contributed by atoms with E-state index >= 15 is 0 Å². The third kappa shape index (κ3) is 8.05. The summed E-state index contributed by atoms with van der Waals surface area (Å²) in [5, 5.41) is 3.19. The molecule has 0 aromatic heterocycles. The van der Waals surface area contributed by atoms with Crippen LogP contribution in [0.2, 0.25) is 5.02 Å². The van der Waals surface area contributed by atoms with Crippen molar-refractivity contribution in [2.24, 2.45) is 5.92 Å². The van der Waals surface area contributed by atoms with Crippen LogP contribution in [0.15, 0.2) is 47.4 Å². The molecule has 0 bridgehead atoms. The zero-order chi connectivity index (χ0) is 23.0. The van der Waals surface area contributed by atoms with E-state index in [-0.39, 0.29) is 11.3 Å². The molecule has 0 aliphatic rings. The monoisotopic (exact) mass is 482 g/mol. The van der Waals surface area contributed by atoms with Crippen LogP contribution in [0.25, 0.3) is 0 Å². The Morgan fingerprint density at radius 3 is 2.45 bits per heavy atom. The number of thioether (sulfide) groups is 1. The van der Waals surface area contributed by atoms with Gasteiger partial charge in [-0.2, -0.15) is 0 Å². The van der Waals surface area contributed by atoms with Crippen molar-refractivity contribution in [3.63, 3.8) is 0 Å². The highest BCUT2D eigenvalue weighted by Gasteiger charge is 2.20. The molecule has 0 fully saturated rings. The fourth-order valence-electron chi connectivity index (χ4n) is 2.96. The molecule has 0 saturated heterocycles. The van der Waals surface area contributed by atoms with E-state index in [0.29, 0.717) is 10.7 Å². The van der Waals surface area contributed by atoms with Crippen molar-refractivity contribution >= 4 is 50.7 Å². The first kappa shape index (κ1) is 25.6. The average molecular weight is 483 g/mol. The number of hydrogen-bond donors (Lipinski definition) is 1. The Bertz CT molecular complexity index is 979. The molecule has 0 aliphatic heterocycles. The Hall–Kier alpha value is -1.70. The number of anilines is 2. The Morgan fingerprint density at radius 2 is 1.84 bits per heavy atom. The number of carbonyl (C=O) groups is 1. The second kappa shape index (κ2) is 11.8. The van der Waals surface area contributed by atoms with Gasteiger partial charge in [-0.15, -0.1) is 11.8 Å². The molecular weight excluding hydrogens is 452 g/mol. The van der Waals surface area contributed by atoms with E-state index in [1.807, 2.05) is 36.0 Å². The van der Waals surface area contributed by atoms with Crippen LogP contribution in [0.4, 0.5) is 11.4 Å². The molecule has 0 heterocycles. The van der Waals surface area contributed by atoms with E-state index in [1.165, 1.54) is 44.9 Å². The van der Waals surface area contributed by atoms with Crippen LogP contribution >= 0.6 is 23.4 Å². The van der Waals surface area contributed by atoms with Crippen LogP contribution in [0.3, 0.4) is 0 Å². The van der Waals surface area contributed by atoms with Gasteiger partial charge in [-0.25, -0.2) is 8.42 Å². The number of halogens is 1. The topological polar surface area (TPSA) is 66.5 Å². The van der Waals surface area contributed by atoms with E-state index in [1.54, 1.807) is 6.07 Å². The summed E-state index contributed by atoms with van der Waals surface area (Å²) >= 11 is 7.84. The summed E-state index contributed by atoms with van der Waals surface area (Å²) in [7, 11) is -2.14. The van der Waals surface area contributed by atoms with Crippen molar-refractivity contribution in [1.29, 1.82) is 0 Å². The van der Waals surface area contributed by atoms with Crippen molar-refractivity contribution in [3.05, 3.63) is 53.1 Å². The van der Waals surface area contributed by atoms with E-state index in [4.69, 9.17) is 11.6 Å². The quantitative estimate of drug-likeness (QED) is 0.301. The number of hydrogen-bond acceptors (Lipinski definition) is 4. The number of nitrogens with zero attached hydrogens (tertiary/aromatic N) is 1. The number of unbranched alkanes of at least 4 members (excludes halogenated alkanes) is 1. The van der Waals surface area contributed by atoms with E-state index in [2.05, 4.69) is 19.2 Å². The third-order valence-electron chi connectivity index (χ3n) is 5.21. The molecule has 8 heteroatoms. The minimum absolute atomic E-state index is 0.233. The van der Waals surface area contributed by atoms with Gasteiger partial charge in [0.05, 0.1) is 17.5 Å². The van der Waals surface area contributed by atoms with E-state index < -0.39 is 15.9 Å². The molecule has 1 atom stereocenters. The lowest BCUT2D eigenvalue weighted by molar-refractivity contribution is 0.102. The van der Waals surface area contributed by atoms with E-state index in [9.17, 15) is 13.2 Å². The van der Waals surface area contributed by atoms with Gasteiger partial charge in [-0.3, -0.25) is 9.10 Å². The molecule has 2 aromatic rings. The lowest BCUT2D eigenvalue weighted by Crippen LogP contribution is -2.27. The highest BCUT2D eigenvalue weighted by Crippen LogP contribution is 2.27. The zero-order valence-corrected chi connectivity index (χ0v) is 20.9. The van der Waals surface area contributed by atoms with Crippen molar-refractivity contribution in [3.8, 4) is 0 Å². The smallest absolute Gasteiger partial charge is 0.257 e. The molecule has 0 unspecified atom stereocenters. The van der Waals surface area contributed by atoms with Gasteiger partial charge >= 0.3 is 0 Å². The summed E-state index contributed by atoms with van der Waals surface area (Å²) in [6.45, 7) is 4.53. The van der Waals surface area contributed by atoms with Gasteiger partial charge in [-0.05, 0) is 60.6 Å². The normalized spacial score (nSPS) is 12.4. The fraction of sp³-hybridized carbons (Fsp3) is 0.435. The van der Waals surface area contributed by atoms with Crippen molar-refractivity contribution in [2.45, 2.75) is 44.4 Å². The second-order valence-electron chi connectivity index (χ2n) is 7.73. The maximum atomic E-state index is 12.8. The van der Waals surface area contributed by atoms with Gasteiger partial charge in [-0.1, -0.05) is 44.7 Å². The van der Waals surface area contributed by atoms with Crippen LogP contribution in [-0.4, -0.2) is 33.4 Å². The third-order valence-corrected chi connectivity index (χ3v) is 7.74. The maximum absolute atomic E-state index is 12.8. The number of carbonyl (C=O) groups excluding carboxylic acids is 1. The van der Waals surface area contributed by atoms with Gasteiger partial charge in [0.25, 0.3) is 5.91 Å². The number of sulfonamides is 1. The van der Waals surface area contributed by atoms with E-state index in [0.717, 1.165) is 27.1 Å². The number of nitrogens with one attached hydrogen (secondary N) is 1. The molecule has 0 spiro atoms. The van der Waals surface area contributed by atoms with Gasteiger partial charge in [0.1, 0.15) is 0 Å². The van der Waals surface area contributed by atoms with Gasteiger partial charge in [0, 0.05) is 22.7 Å². The van der Waals surface area contributed by atoms with Crippen LogP contribution in [0, 0.1) is 5.92 Å². The van der Waals surface area contributed by atoms with Gasteiger partial charge < -0.3 is 5.32 Å². The summed E-state index contributed by atoms with van der Waals surface area (Å²) in [5.41, 5.74) is 1.11. The molecular formula is C23H31ClN2O3S2. The first-order valence-electron chi connectivity index (χ1n) is 10.4. The molecule has 0 aliphatic carbocycles. The largest absolute Gasteiger partial charge is 0.322 e. The number of rotatable bonds is 11. The first-order valence-corrected chi connectivity index (χ1v) is 13.6. The predicted molar refractivity (Wildman–Crippen MR) is 133 cm³/mol. The van der Waals surface area contributed by atoms with Crippen LogP contribution < -0.4 is 9.62 Å². The van der Waals surface area contributed by atoms with Crippen LogP contribution in [-0.2, 0) is 10.0 Å². The molecule has 170 valence electrons. The average Bonchev–Trinajstić information content (AvgIpc) is 2.73. The number of amides is 1. The summed E-state index contributed by atoms with van der Waals surface area (Å²) in [4.78, 5) is 14.0. The van der Waals surface area contributed by atoms with Crippen molar-refractivity contribution in [1.82, 2.24) is 0 Å². The van der Waals surface area contributed by atoms with Crippen molar-refractivity contribution < 1.29 is 13.2 Å². The van der Waals surface area contributed by atoms with Gasteiger partial charge in [0.15, 0.2) is 0 Å². The Morgan fingerprint density at radius 1 is 1.16 bits per heavy atom. The Labute approximate surface area is 195 Å².